The lowest BCUT2D eigenvalue weighted by Crippen LogP contribution is -2.36. The van der Waals surface area contributed by atoms with Crippen LogP contribution in [0.4, 0.5) is 9.18 Å². The average molecular weight is 585 g/mol. The number of halogens is 1. The number of carbonyl (C=O) groups excluding carboxylic acids is 1. The quantitative estimate of drug-likeness (QED) is 0.103. The smallest absolute Gasteiger partial charge is 0.410 e. The highest BCUT2D eigenvalue weighted by Gasteiger charge is 2.40. The summed E-state index contributed by atoms with van der Waals surface area (Å²) < 4.78 is 30.0. The molecule has 1 aliphatic heterocycles. The summed E-state index contributed by atoms with van der Waals surface area (Å²) in [5.41, 5.74) is 1.08. The van der Waals surface area contributed by atoms with Crippen LogP contribution in [0.1, 0.15) is 33.6 Å². The normalized spacial score (nSPS) is 18.6. The molecule has 1 unspecified atom stereocenters. The van der Waals surface area contributed by atoms with Crippen LogP contribution >= 0.6 is 0 Å². The topological polar surface area (TPSA) is 88.5 Å². The summed E-state index contributed by atoms with van der Waals surface area (Å²) >= 11 is 0. The minimum atomic E-state index is -1.09. The van der Waals surface area contributed by atoms with Gasteiger partial charge in [-0.2, -0.15) is 0 Å². The lowest BCUT2D eigenvalue weighted by atomic mass is 10.0. The van der Waals surface area contributed by atoms with Crippen molar-refractivity contribution in [1.82, 2.24) is 9.80 Å². The minimum absolute atomic E-state index is 0.0675. The SMILES string of the molecule is C=C/C=C\C(=C/CN1CC(C)(CCN(C)CC(=C/C(=C)OCC)/C=C(\CC(/C=C\C(=C)F)=C/C)OC)OC1=O)C(=O)O. The molecule has 9 heteroatoms. The molecule has 0 aromatic heterocycles. The molecule has 1 amide bonds. The van der Waals surface area contributed by atoms with Crippen LogP contribution in [-0.2, 0) is 19.0 Å². The maximum Gasteiger partial charge on any atom is 0.410 e. The number of carboxylic acid groups (broad SMARTS) is 1. The summed E-state index contributed by atoms with van der Waals surface area (Å²) in [6, 6.07) is 0. The Kier molecular flexibility index (Phi) is 15.7. The zero-order valence-electron chi connectivity index (χ0n) is 25.5. The van der Waals surface area contributed by atoms with Crippen LogP contribution in [0, 0.1) is 0 Å². The Morgan fingerprint density at radius 1 is 1.24 bits per heavy atom. The highest BCUT2D eigenvalue weighted by Crippen LogP contribution is 2.26. The maximum absolute atomic E-state index is 13.1. The van der Waals surface area contributed by atoms with E-state index in [1.54, 1.807) is 13.2 Å². The molecule has 42 heavy (non-hydrogen) atoms. The Balaban J connectivity index is 2.98. The monoisotopic (exact) mass is 584 g/mol. The number of allylic oxidation sites excluding steroid dienone is 8. The van der Waals surface area contributed by atoms with Gasteiger partial charge in [-0.25, -0.2) is 14.0 Å². The molecule has 1 aliphatic rings. The average Bonchev–Trinajstić information content (AvgIpc) is 3.22. The van der Waals surface area contributed by atoms with E-state index in [0.29, 0.717) is 50.6 Å². The third kappa shape index (κ3) is 13.5. The first-order valence-corrected chi connectivity index (χ1v) is 13.7. The second kappa shape index (κ2) is 18.3. The van der Waals surface area contributed by atoms with Gasteiger partial charge in [0.25, 0.3) is 0 Å². The Labute approximate surface area is 249 Å². The minimum Gasteiger partial charge on any atom is -0.501 e. The van der Waals surface area contributed by atoms with Gasteiger partial charge in [0.2, 0.25) is 0 Å². The lowest BCUT2D eigenvalue weighted by molar-refractivity contribution is -0.132. The molecular formula is C33H45FN2O6. The van der Waals surface area contributed by atoms with Crippen LogP contribution in [0.3, 0.4) is 0 Å². The summed E-state index contributed by atoms with van der Waals surface area (Å²) in [4.78, 5) is 27.6. The largest absolute Gasteiger partial charge is 0.501 e. The van der Waals surface area contributed by atoms with Gasteiger partial charge in [0.15, 0.2) is 0 Å². The van der Waals surface area contributed by atoms with E-state index < -0.39 is 23.5 Å². The number of rotatable bonds is 19. The zero-order valence-corrected chi connectivity index (χ0v) is 25.5. The number of hydrogen-bond acceptors (Lipinski definition) is 6. The third-order valence-corrected chi connectivity index (χ3v) is 6.29. The molecule has 0 aromatic carbocycles. The molecule has 0 saturated carbocycles. The number of amides is 1. The molecule has 0 spiro atoms. The van der Waals surface area contributed by atoms with Gasteiger partial charge in [0.05, 0.1) is 25.8 Å². The van der Waals surface area contributed by atoms with Gasteiger partial charge in [-0.15, -0.1) is 0 Å². The molecule has 1 heterocycles. The van der Waals surface area contributed by atoms with Crippen molar-refractivity contribution in [3.63, 3.8) is 0 Å². The number of aliphatic carboxylic acids is 1. The second-order valence-electron chi connectivity index (χ2n) is 10.00. The van der Waals surface area contributed by atoms with Crippen LogP contribution in [0.2, 0.25) is 0 Å². The van der Waals surface area contributed by atoms with E-state index in [1.807, 2.05) is 46.0 Å². The summed E-state index contributed by atoms with van der Waals surface area (Å²) in [6.07, 6.45) is 15.0. The first-order chi connectivity index (χ1) is 19.9. The molecule has 230 valence electrons. The molecule has 0 bridgehead atoms. The number of nitrogens with zero attached hydrogens (tertiary/aromatic N) is 2. The van der Waals surface area contributed by atoms with Crippen molar-refractivity contribution in [3.8, 4) is 0 Å². The fraction of sp³-hybridized carbons (Fsp3) is 0.394. The van der Waals surface area contributed by atoms with E-state index in [0.717, 1.165) is 11.1 Å². The standard InChI is InChI=1S/C33H45FN2O6/c1-9-12-13-29(31(37)38)16-18-36-24-33(6,42-32(36)39)17-19-35(7)23-28(20-26(5)41-11-3)22-30(40-8)21-27(10-2)15-14-25(4)34/h9-10,12-16,20,22H,1,4-5,11,17-19,21,23-24H2,2-3,6-8H3,(H,37,38)/b13-12-,15-14-,27-10+,28-20+,29-16+,30-22+. The number of cyclic esters (lactones) is 1. The molecule has 1 saturated heterocycles. The second-order valence-corrected chi connectivity index (χ2v) is 10.00. The number of hydrogen-bond donors (Lipinski definition) is 1. The Hall–Kier alpha value is -4.11. The van der Waals surface area contributed by atoms with Crippen molar-refractivity contribution in [2.75, 3.05) is 46.9 Å². The number of likely N-dealkylation sites (N-methyl/N-ethyl adjacent to an activating group) is 1. The fourth-order valence-electron chi connectivity index (χ4n) is 4.08. The molecule has 1 rings (SSSR count). The van der Waals surface area contributed by atoms with Crippen molar-refractivity contribution in [2.45, 2.75) is 39.2 Å². The van der Waals surface area contributed by atoms with Crippen molar-refractivity contribution in [2.24, 2.45) is 0 Å². The van der Waals surface area contributed by atoms with E-state index in [9.17, 15) is 19.1 Å². The number of carbonyl (C=O) groups is 2. The van der Waals surface area contributed by atoms with E-state index in [2.05, 4.69) is 24.6 Å². The van der Waals surface area contributed by atoms with Crippen molar-refractivity contribution in [3.05, 3.63) is 108 Å². The Morgan fingerprint density at radius 3 is 2.52 bits per heavy atom. The predicted octanol–water partition coefficient (Wildman–Crippen LogP) is 6.66. The molecule has 0 aromatic rings. The van der Waals surface area contributed by atoms with Crippen LogP contribution in [0.15, 0.2) is 108 Å². The highest BCUT2D eigenvalue weighted by molar-refractivity contribution is 5.90. The summed E-state index contributed by atoms with van der Waals surface area (Å²) in [7, 11) is 3.54. The Morgan fingerprint density at radius 2 is 1.95 bits per heavy atom. The summed E-state index contributed by atoms with van der Waals surface area (Å²) in [5, 5.41) is 9.37. The molecule has 0 radical (unpaired) electrons. The molecule has 8 nitrogen and oxygen atoms in total. The van der Waals surface area contributed by atoms with Crippen molar-refractivity contribution >= 4 is 12.1 Å². The number of methoxy groups -OCH3 is 1. The van der Waals surface area contributed by atoms with Crippen LogP contribution in [-0.4, -0.2) is 79.5 Å². The molecular weight excluding hydrogens is 539 g/mol. The fourth-order valence-corrected chi connectivity index (χ4v) is 4.08. The zero-order chi connectivity index (χ0) is 31.7. The van der Waals surface area contributed by atoms with E-state index >= 15 is 0 Å². The summed E-state index contributed by atoms with van der Waals surface area (Å²) in [5.74, 6) is -0.433. The van der Waals surface area contributed by atoms with Crippen LogP contribution in [0.25, 0.3) is 0 Å². The van der Waals surface area contributed by atoms with Gasteiger partial charge in [-0.1, -0.05) is 50.1 Å². The van der Waals surface area contributed by atoms with Gasteiger partial charge in [0.1, 0.15) is 22.9 Å². The van der Waals surface area contributed by atoms with Gasteiger partial charge in [-0.05, 0) is 63.3 Å². The van der Waals surface area contributed by atoms with Crippen molar-refractivity contribution < 1.29 is 33.3 Å². The molecule has 1 atom stereocenters. The summed E-state index contributed by atoms with van der Waals surface area (Å²) in [6.45, 7) is 18.4. The van der Waals surface area contributed by atoms with E-state index in [4.69, 9.17) is 14.2 Å². The first kappa shape index (κ1) is 35.9. The molecule has 0 aliphatic carbocycles. The maximum atomic E-state index is 13.1. The third-order valence-electron chi connectivity index (χ3n) is 6.29. The Bertz CT molecular complexity index is 1180. The van der Waals surface area contributed by atoms with Crippen LogP contribution < -0.4 is 0 Å². The molecule has 1 N–H and O–H groups in total. The first-order valence-electron chi connectivity index (χ1n) is 13.7. The van der Waals surface area contributed by atoms with Gasteiger partial charge >= 0.3 is 12.1 Å². The number of ether oxygens (including phenoxy) is 3. The predicted molar refractivity (Wildman–Crippen MR) is 165 cm³/mol. The van der Waals surface area contributed by atoms with Crippen molar-refractivity contribution in [1.29, 1.82) is 0 Å². The van der Waals surface area contributed by atoms with E-state index in [1.165, 1.54) is 35.3 Å². The lowest BCUT2D eigenvalue weighted by Gasteiger charge is -2.26. The molecule has 1 fully saturated rings. The van der Waals surface area contributed by atoms with Crippen LogP contribution in [0.5, 0.6) is 0 Å². The van der Waals surface area contributed by atoms with Gasteiger partial charge < -0.3 is 29.1 Å². The van der Waals surface area contributed by atoms with E-state index in [-0.39, 0.29) is 12.1 Å². The van der Waals surface area contributed by atoms with Gasteiger partial charge in [0, 0.05) is 32.5 Å². The number of carboxylic acids is 1. The van der Waals surface area contributed by atoms with Gasteiger partial charge in [-0.3, -0.25) is 0 Å². The highest BCUT2D eigenvalue weighted by atomic mass is 19.1.